The first kappa shape index (κ1) is 17.7. The van der Waals surface area contributed by atoms with E-state index in [1.807, 2.05) is 13.8 Å². The van der Waals surface area contributed by atoms with E-state index in [1.165, 1.54) is 7.05 Å². The zero-order chi connectivity index (χ0) is 15.7. The van der Waals surface area contributed by atoms with Crippen LogP contribution in [0.5, 0.6) is 0 Å². The van der Waals surface area contributed by atoms with Crippen molar-refractivity contribution >= 4 is 43.2 Å². The van der Waals surface area contributed by atoms with Crippen molar-refractivity contribution in [1.29, 1.82) is 0 Å². The number of hydrogen-bond donors (Lipinski definition) is 1. The zero-order valence-electron chi connectivity index (χ0n) is 11.5. The summed E-state index contributed by atoms with van der Waals surface area (Å²) in [7, 11) is -2.55. The summed E-state index contributed by atoms with van der Waals surface area (Å²) in [5.74, 6) is -0.645. The Bertz CT molecular complexity index is 608. The Morgan fingerprint density at radius 3 is 2.55 bits per heavy atom. The molecule has 114 valence electrons. The van der Waals surface area contributed by atoms with E-state index >= 15 is 0 Å². The lowest BCUT2D eigenvalue weighted by molar-refractivity contribution is 0.425. The smallest absolute Gasteiger partial charge is 0.245 e. The number of sulfonamides is 1. The van der Waals surface area contributed by atoms with Gasteiger partial charge >= 0.3 is 0 Å². The molecular formula is C12H17BrClFN2O2S. The molecule has 0 aliphatic rings. The second-order valence-corrected chi connectivity index (χ2v) is 8.12. The van der Waals surface area contributed by atoms with E-state index in [0.717, 1.165) is 10.4 Å². The van der Waals surface area contributed by atoms with Gasteiger partial charge < -0.3 is 5.73 Å². The third kappa shape index (κ3) is 3.63. The fraction of sp³-hybridized carbons (Fsp3) is 0.500. The summed E-state index contributed by atoms with van der Waals surface area (Å²) in [5, 5.41) is 0.0553. The lowest BCUT2D eigenvalue weighted by Gasteiger charge is -2.19. The molecule has 0 radical (unpaired) electrons. The maximum atomic E-state index is 14.1. The zero-order valence-corrected chi connectivity index (χ0v) is 14.6. The van der Waals surface area contributed by atoms with Crippen LogP contribution >= 0.6 is 27.5 Å². The summed E-state index contributed by atoms with van der Waals surface area (Å²) in [6.07, 6.45) is 0.678. The number of benzene rings is 1. The van der Waals surface area contributed by atoms with Gasteiger partial charge in [0.25, 0.3) is 0 Å². The molecular weight excluding hydrogens is 371 g/mol. The fourth-order valence-corrected chi connectivity index (χ4v) is 3.36. The van der Waals surface area contributed by atoms with E-state index < -0.39 is 20.7 Å². The minimum atomic E-state index is -3.95. The first-order valence-corrected chi connectivity index (χ1v) is 8.59. The molecule has 0 atom stereocenters. The molecule has 1 aromatic rings. The standard InChI is InChI=1S/C12H17BrClFN2O2S/c1-7(2)4-5-17(3)20(18,19)9-6-8(14)10(13)12(16)11(9)15/h6-7H,4-5,16H2,1-3H3. The van der Waals surface area contributed by atoms with Crippen LogP contribution in [0, 0.1) is 11.7 Å². The Hall–Kier alpha value is -0.370. The highest BCUT2D eigenvalue weighted by molar-refractivity contribution is 9.10. The van der Waals surface area contributed by atoms with E-state index in [9.17, 15) is 12.8 Å². The number of nitrogen functional groups attached to an aromatic ring is 1. The van der Waals surface area contributed by atoms with Crippen molar-refractivity contribution in [3.63, 3.8) is 0 Å². The van der Waals surface area contributed by atoms with Crippen LogP contribution in [0.2, 0.25) is 5.02 Å². The summed E-state index contributed by atoms with van der Waals surface area (Å²) >= 11 is 8.87. The Morgan fingerprint density at radius 1 is 1.50 bits per heavy atom. The molecule has 0 aliphatic heterocycles. The van der Waals surface area contributed by atoms with Gasteiger partial charge in [0, 0.05) is 13.6 Å². The molecule has 0 saturated heterocycles. The van der Waals surface area contributed by atoms with Crippen LogP contribution in [-0.2, 0) is 10.0 Å². The van der Waals surface area contributed by atoms with Crippen LogP contribution in [0.1, 0.15) is 20.3 Å². The lowest BCUT2D eigenvalue weighted by Crippen LogP contribution is -2.29. The molecule has 4 nitrogen and oxygen atoms in total. The van der Waals surface area contributed by atoms with Crippen molar-refractivity contribution in [2.24, 2.45) is 5.92 Å². The van der Waals surface area contributed by atoms with Crippen LogP contribution in [0.4, 0.5) is 10.1 Å². The van der Waals surface area contributed by atoms with Gasteiger partial charge in [-0.25, -0.2) is 17.1 Å². The maximum Gasteiger partial charge on any atom is 0.245 e. The van der Waals surface area contributed by atoms with Crippen LogP contribution in [0.25, 0.3) is 0 Å². The third-order valence-corrected chi connectivity index (χ3v) is 6.10. The number of halogens is 3. The molecule has 0 heterocycles. The SMILES string of the molecule is CC(C)CCN(C)S(=O)(=O)c1cc(Cl)c(Br)c(N)c1F. The second-order valence-electron chi connectivity index (χ2n) is 4.91. The van der Waals surface area contributed by atoms with Crippen LogP contribution in [0.15, 0.2) is 15.4 Å². The summed E-state index contributed by atoms with van der Waals surface area (Å²) in [6, 6.07) is 1.07. The molecule has 0 spiro atoms. The second kappa shape index (κ2) is 6.60. The normalized spacial score (nSPS) is 12.4. The Kier molecular flexibility index (Phi) is 5.83. The number of anilines is 1. The van der Waals surface area contributed by atoms with Gasteiger partial charge in [0.2, 0.25) is 10.0 Å². The van der Waals surface area contributed by atoms with Gasteiger partial charge in [0.15, 0.2) is 5.82 Å². The third-order valence-electron chi connectivity index (χ3n) is 2.87. The van der Waals surface area contributed by atoms with Crippen molar-refractivity contribution in [2.45, 2.75) is 25.2 Å². The molecule has 0 amide bonds. The van der Waals surface area contributed by atoms with Crippen molar-refractivity contribution in [3.8, 4) is 0 Å². The van der Waals surface area contributed by atoms with Crippen molar-refractivity contribution < 1.29 is 12.8 Å². The number of nitrogens with zero attached hydrogens (tertiary/aromatic N) is 1. The number of nitrogens with two attached hydrogens (primary N) is 1. The molecule has 1 rings (SSSR count). The Morgan fingerprint density at radius 2 is 2.05 bits per heavy atom. The minimum Gasteiger partial charge on any atom is -0.395 e. The first-order chi connectivity index (χ1) is 9.09. The predicted molar refractivity (Wildman–Crippen MR) is 82.8 cm³/mol. The Balaban J connectivity index is 3.23. The van der Waals surface area contributed by atoms with E-state index in [1.54, 1.807) is 0 Å². The molecule has 0 unspecified atom stereocenters. The topological polar surface area (TPSA) is 63.4 Å². The molecule has 2 N–H and O–H groups in total. The molecule has 20 heavy (non-hydrogen) atoms. The molecule has 0 aromatic heterocycles. The summed E-state index contributed by atoms with van der Waals surface area (Å²) in [6.45, 7) is 4.26. The summed E-state index contributed by atoms with van der Waals surface area (Å²) in [4.78, 5) is -0.505. The highest BCUT2D eigenvalue weighted by Crippen LogP contribution is 2.35. The van der Waals surface area contributed by atoms with Gasteiger partial charge in [0.1, 0.15) is 4.90 Å². The minimum absolute atomic E-state index is 0.0553. The van der Waals surface area contributed by atoms with Gasteiger partial charge in [-0.15, -0.1) is 0 Å². The van der Waals surface area contributed by atoms with Crippen molar-refractivity contribution in [2.75, 3.05) is 19.3 Å². The molecule has 0 saturated carbocycles. The predicted octanol–water partition coefficient (Wildman–Crippen LogP) is 3.49. The maximum absolute atomic E-state index is 14.1. The van der Waals surface area contributed by atoms with E-state index in [0.29, 0.717) is 18.9 Å². The molecule has 1 aromatic carbocycles. The van der Waals surface area contributed by atoms with Gasteiger partial charge in [0.05, 0.1) is 15.2 Å². The molecule has 0 aliphatic carbocycles. The van der Waals surface area contributed by atoms with Crippen molar-refractivity contribution in [1.82, 2.24) is 4.31 Å². The quantitative estimate of drug-likeness (QED) is 0.621. The van der Waals surface area contributed by atoms with Crippen molar-refractivity contribution in [3.05, 3.63) is 21.4 Å². The molecule has 0 bridgehead atoms. The van der Waals surface area contributed by atoms with Gasteiger partial charge in [-0.2, -0.15) is 0 Å². The van der Waals surface area contributed by atoms with Crippen LogP contribution in [0.3, 0.4) is 0 Å². The Labute approximate surface area is 132 Å². The monoisotopic (exact) mass is 386 g/mol. The fourth-order valence-electron chi connectivity index (χ4n) is 1.52. The van der Waals surface area contributed by atoms with Crippen LogP contribution in [-0.4, -0.2) is 26.3 Å². The largest absolute Gasteiger partial charge is 0.395 e. The highest BCUT2D eigenvalue weighted by atomic mass is 79.9. The van der Waals surface area contributed by atoms with Gasteiger partial charge in [-0.05, 0) is 34.3 Å². The summed E-state index contributed by atoms with van der Waals surface area (Å²) in [5.41, 5.74) is 5.20. The lowest BCUT2D eigenvalue weighted by atomic mass is 10.1. The highest BCUT2D eigenvalue weighted by Gasteiger charge is 2.27. The van der Waals surface area contributed by atoms with Gasteiger partial charge in [-0.3, -0.25) is 0 Å². The molecule has 8 heteroatoms. The number of hydrogen-bond acceptors (Lipinski definition) is 3. The van der Waals surface area contributed by atoms with Gasteiger partial charge in [-0.1, -0.05) is 25.4 Å². The van der Waals surface area contributed by atoms with E-state index in [-0.39, 0.29) is 15.2 Å². The number of rotatable bonds is 5. The van der Waals surface area contributed by atoms with E-state index in [4.69, 9.17) is 17.3 Å². The van der Waals surface area contributed by atoms with E-state index in [2.05, 4.69) is 15.9 Å². The average molecular weight is 388 g/mol. The summed E-state index contributed by atoms with van der Waals surface area (Å²) < 4.78 is 40.0. The first-order valence-electron chi connectivity index (χ1n) is 5.98. The average Bonchev–Trinajstić information content (AvgIpc) is 2.37. The van der Waals surface area contributed by atoms with Crippen LogP contribution < -0.4 is 5.73 Å². The molecule has 0 fully saturated rings.